The minimum atomic E-state index is -0.109. The average Bonchev–Trinajstić information content (AvgIpc) is 3.77. The van der Waals surface area contributed by atoms with Gasteiger partial charge in [-0.1, -0.05) is 135 Å². The van der Waals surface area contributed by atoms with Crippen LogP contribution in [0.5, 0.6) is 0 Å². The zero-order chi connectivity index (χ0) is 32.4. The van der Waals surface area contributed by atoms with Gasteiger partial charge in [0.2, 0.25) is 5.95 Å². The molecule has 3 nitrogen and oxygen atoms in total. The summed E-state index contributed by atoms with van der Waals surface area (Å²) in [7, 11) is 0. The number of thiophene rings is 1. The van der Waals surface area contributed by atoms with E-state index in [0.717, 1.165) is 32.5 Å². The lowest BCUT2D eigenvalue weighted by molar-refractivity contribution is 0.660. The van der Waals surface area contributed by atoms with E-state index in [1.165, 1.54) is 64.7 Å². The number of aromatic nitrogens is 3. The van der Waals surface area contributed by atoms with Crippen LogP contribution in [0.15, 0.2) is 140 Å². The first kappa shape index (κ1) is 27.1. The molecule has 0 fully saturated rings. The second-order valence-electron chi connectivity index (χ2n) is 13.7. The van der Waals surface area contributed by atoms with Crippen molar-refractivity contribution in [2.75, 3.05) is 0 Å². The van der Waals surface area contributed by atoms with Crippen LogP contribution in [0.3, 0.4) is 0 Å². The van der Waals surface area contributed by atoms with Crippen molar-refractivity contribution >= 4 is 75.0 Å². The van der Waals surface area contributed by atoms with Crippen LogP contribution in [0.25, 0.3) is 92.0 Å². The Morgan fingerprint density at radius 1 is 0.510 bits per heavy atom. The van der Waals surface area contributed by atoms with Gasteiger partial charge in [0.1, 0.15) is 4.83 Å². The molecule has 0 saturated heterocycles. The van der Waals surface area contributed by atoms with Gasteiger partial charge < -0.3 is 0 Å². The van der Waals surface area contributed by atoms with E-state index in [0.29, 0.717) is 5.95 Å². The molecule has 1 aliphatic rings. The van der Waals surface area contributed by atoms with Crippen LogP contribution in [0.4, 0.5) is 0 Å². The molecule has 49 heavy (non-hydrogen) atoms. The maximum atomic E-state index is 5.65. The van der Waals surface area contributed by atoms with Crippen LogP contribution in [0.1, 0.15) is 25.0 Å². The number of fused-ring (bicyclic) bond motifs is 13. The highest BCUT2D eigenvalue weighted by Crippen LogP contribution is 2.53. The molecular formula is C45H29N3S. The molecule has 0 bridgehead atoms. The lowest BCUT2D eigenvalue weighted by atomic mass is 9.82. The van der Waals surface area contributed by atoms with Crippen LogP contribution < -0.4 is 0 Å². The van der Waals surface area contributed by atoms with E-state index in [4.69, 9.17) is 9.97 Å². The maximum Gasteiger partial charge on any atom is 0.236 e. The minimum absolute atomic E-state index is 0.109. The van der Waals surface area contributed by atoms with E-state index < -0.39 is 0 Å². The standard InChI is InChI=1S/C45H29N3S/c1-45(2)33-19-9-7-16-30(33)38-32(18-11-20-34(38)45)42-41-31-17-8-10-21-37(31)49-43(41)47-44(46-42)48-35-24-22-26-12-3-5-14-28(26)39(35)40-29-15-6-4-13-27(29)23-25-36(40)48/h3-25H,1-2H3. The summed E-state index contributed by atoms with van der Waals surface area (Å²) in [6, 6.07) is 50.7. The van der Waals surface area contributed by atoms with Crippen LogP contribution in [0, 0.1) is 0 Å². The second kappa shape index (κ2) is 9.62. The Bertz CT molecular complexity index is 2940. The van der Waals surface area contributed by atoms with Gasteiger partial charge in [0.15, 0.2) is 0 Å². The molecule has 0 aliphatic heterocycles. The predicted octanol–water partition coefficient (Wildman–Crippen LogP) is 12.2. The number of hydrogen-bond donors (Lipinski definition) is 0. The van der Waals surface area contributed by atoms with E-state index in [-0.39, 0.29) is 5.41 Å². The molecule has 0 saturated carbocycles. The topological polar surface area (TPSA) is 30.7 Å². The van der Waals surface area contributed by atoms with Gasteiger partial charge in [-0.25, -0.2) is 9.97 Å². The molecule has 230 valence electrons. The van der Waals surface area contributed by atoms with E-state index >= 15 is 0 Å². The van der Waals surface area contributed by atoms with Crippen LogP contribution in [0.2, 0.25) is 0 Å². The zero-order valence-corrected chi connectivity index (χ0v) is 27.8. The first-order valence-corrected chi connectivity index (χ1v) is 17.7. The summed E-state index contributed by atoms with van der Waals surface area (Å²) < 4.78 is 3.52. The fourth-order valence-electron chi connectivity index (χ4n) is 8.62. The fourth-order valence-corrected chi connectivity index (χ4v) is 9.69. The van der Waals surface area contributed by atoms with Crippen molar-refractivity contribution < 1.29 is 0 Å². The summed E-state index contributed by atoms with van der Waals surface area (Å²) in [5.41, 5.74) is 9.53. The molecule has 0 amide bonds. The second-order valence-corrected chi connectivity index (χ2v) is 14.8. The van der Waals surface area contributed by atoms with Crippen molar-refractivity contribution in [2.24, 2.45) is 0 Å². The molecule has 3 aromatic heterocycles. The van der Waals surface area contributed by atoms with Gasteiger partial charge in [-0.15, -0.1) is 11.3 Å². The van der Waals surface area contributed by atoms with Crippen LogP contribution >= 0.6 is 11.3 Å². The number of hydrogen-bond acceptors (Lipinski definition) is 3. The highest BCUT2D eigenvalue weighted by molar-refractivity contribution is 7.25. The Kier molecular flexibility index (Phi) is 5.33. The van der Waals surface area contributed by atoms with Gasteiger partial charge >= 0.3 is 0 Å². The molecule has 0 N–H and O–H groups in total. The lowest BCUT2D eigenvalue weighted by Crippen LogP contribution is -2.14. The first-order valence-electron chi connectivity index (χ1n) is 16.8. The zero-order valence-electron chi connectivity index (χ0n) is 27.0. The molecule has 1 aliphatic carbocycles. The Morgan fingerprint density at radius 2 is 1.10 bits per heavy atom. The molecule has 11 rings (SSSR count). The number of benzene rings is 7. The maximum absolute atomic E-state index is 5.65. The summed E-state index contributed by atoms with van der Waals surface area (Å²) in [6.45, 7) is 4.68. The molecule has 0 atom stereocenters. The number of rotatable bonds is 2. The molecule has 7 aromatic carbocycles. The lowest BCUT2D eigenvalue weighted by Gasteiger charge is -2.21. The van der Waals surface area contributed by atoms with Crippen molar-refractivity contribution in [2.45, 2.75) is 19.3 Å². The monoisotopic (exact) mass is 643 g/mol. The van der Waals surface area contributed by atoms with Crippen molar-refractivity contribution in [3.8, 4) is 28.3 Å². The average molecular weight is 644 g/mol. The van der Waals surface area contributed by atoms with Crippen LogP contribution in [-0.2, 0) is 5.41 Å². The van der Waals surface area contributed by atoms with Crippen molar-refractivity contribution in [3.63, 3.8) is 0 Å². The Hall–Kier alpha value is -5.84. The quantitative estimate of drug-likeness (QED) is 0.188. The first-order chi connectivity index (χ1) is 24.1. The van der Waals surface area contributed by atoms with Gasteiger partial charge in [-0.05, 0) is 62.0 Å². The predicted molar refractivity (Wildman–Crippen MR) is 207 cm³/mol. The Labute approximate surface area is 286 Å². The fraction of sp³-hybridized carbons (Fsp3) is 0.0667. The van der Waals surface area contributed by atoms with E-state index in [2.05, 4.69) is 158 Å². The van der Waals surface area contributed by atoms with Crippen molar-refractivity contribution in [3.05, 3.63) is 151 Å². The third-order valence-electron chi connectivity index (χ3n) is 10.8. The summed E-state index contributed by atoms with van der Waals surface area (Å²) in [5, 5.41) is 9.73. The third-order valence-corrected chi connectivity index (χ3v) is 11.9. The van der Waals surface area contributed by atoms with Crippen molar-refractivity contribution in [1.82, 2.24) is 14.5 Å². The van der Waals surface area contributed by atoms with E-state index in [1.54, 1.807) is 11.3 Å². The summed E-state index contributed by atoms with van der Waals surface area (Å²) in [4.78, 5) is 12.1. The Balaban J connectivity index is 1.32. The summed E-state index contributed by atoms with van der Waals surface area (Å²) in [6.07, 6.45) is 0. The molecule has 0 spiro atoms. The Morgan fingerprint density at radius 3 is 1.84 bits per heavy atom. The van der Waals surface area contributed by atoms with Gasteiger partial charge in [0, 0.05) is 37.2 Å². The van der Waals surface area contributed by atoms with Crippen LogP contribution in [-0.4, -0.2) is 14.5 Å². The van der Waals surface area contributed by atoms with Crippen molar-refractivity contribution in [1.29, 1.82) is 0 Å². The minimum Gasteiger partial charge on any atom is -0.278 e. The normalized spacial score (nSPS) is 13.7. The van der Waals surface area contributed by atoms with Gasteiger partial charge in [-0.3, -0.25) is 4.57 Å². The SMILES string of the molecule is CC1(C)c2ccccc2-c2c(-c3nc(-n4c5ccc6ccccc6c5c5c6ccccc6ccc54)nc4sc5ccccc5c34)cccc21. The number of nitrogens with zero attached hydrogens (tertiary/aromatic N) is 3. The largest absolute Gasteiger partial charge is 0.278 e. The van der Waals surface area contributed by atoms with Gasteiger partial charge in [0.05, 0.1) is 16.7 Å². The highest BCUT2D eigenvalue weighted by Gasteiger charge is 2.37. The molecule has 4 heteroatoms. The summed E-state index contributed by atoms with van der Waals surface area (Å²) >= 11 is 1.75. The molecular weight excluding hydrogens is 615 g/mol. The van der Waals surface area contributed by atoms with Gasteiger partial charge in [-0.2, -0.15) is 0 Å². The highest BCUT2D eigenvalue weighted by atomic mass is 32.1. The molecule has 3 heterocycles. The molecule has 10 aromatic rings. The van der Waals surface area contributed by atoms with E-state index in [1.807, 2.05) is 0 Å². The van der Waals surface area contributed by atoms with Gasteiger partial charge in [0.25, 0.3) is 0 Å². The van der Waals surface area contributed by atoms with E-state index in [9.17, 15) is 0 Å². The smallest absolute Gasteiger partial charge is 0.236 e. The molecule has 0 unspecified atom stereocenters. The summed E-state index contributed by atoms with van der Waals surface area (Å²) in [5.74, 6) is 0.697. The molecule has 0 radical (unpaired) electrons. The third kappa shape index (κ3) is 3.56.